The molecular weight excluding hydrogens is 352 g/mol. The van der Waals surface area contributed by atoms with Gasteiger partial charge in [0.05, 0.1) is 0 Å². The predicted molar refractivity (Wildman–Crippen MR) is 93.2 cm³/mol. The summed E-state index contributed by atoms with van der Waals surface area (Å²) in [5.74, 6) is -0.995. The molecule has 0 fully saturated rings. The summed E-state index contributed by atoms with van der Waals surface area (Å²) in [6.45, 7) is 6.98. The van der Waals surface area contributed by atoms with Crippen LogP contribution in [0, 0.1) is 0 Å². The Kier molecular flexibility index (Phi) is 5.50. The van der Waals surface area contributed by atoms with Gasteiger partial charge in [0.1, 0.15) is 0 Å². The molecule has 0 amide bonds. The number of hydrogen-bond acceptors (Lipinski definition) is 4. The Morgan fingerprint density at radius 1 is 1.00 bits per heavy atom. The summed E-state index contributed by atoms with van der Waals surface area (Å²) in [7, 11) is 0. The molecule has 0 aromatic rings. The van der Waals surface area contributed by atoms with Gasteiger partial charge in [0.2, 0.25) is 0 Å². The van der Waals surface area contributed by atoms with Gasteiger partial charge in [-0.15, -0.1) is 0 Å². The summed E-state index contributed by atoms with van der Waals surface area (Å²) in [5, 5.41) is 1.88. The number of rotatable bonds is 5. The van der Waals surface area contributed by atoms with Gasteiger partial charge < -0.3 is 0 Å². The van der Waals surface area contributed by atoms with Gasteiger partial charge in [0, 0.05) is 0 Å². The monoisotopic (exact) mass is 378 g/mol. The summed E-state index contributed by atoms with van der Waals surface area (Å²) in [4.78, 5) is 23.9. The van der Waals surface area contributed by atoms with E-state index in [1.807, 2.05) is 5.23 Å². The van der Waals surface area contributed by atoms with Crippen molar-refractivity contribution in [2.45, 2.75) is 60.8 Å². The van der Waals surface area contributed by atoms with Crippen LogP contribution in [-0.4, -0.2) is 11.9 Å². The standard InChI is InChI=1S/C13H17.2C3H4O2.CH3.Ti/c1-3-7-12-10(5-1)9-11-6-2-4-8-13(11)12;2*1-2-3(4)5;;/h5H,1-4,6-9H2;2*2H,1H2,(H,4,5);1H3;/q;;;;+2/p-2. The molecule has 25 heavy (non-hydrogen) atoms. The Morgan fingerprint density at radius 2 is 1.60 bits per heavy atom. The fourth-order valence-electron chi connectivity index (χ4n) is 4.58. The van der Waals surface area contributed by atoms with Crippen LogP contribution < -0.4 is 0 Å². The average Bonchev–Trinajstić information content (AvgIpc) is 2.99. The van der Waals surface area contributed by atoms with Gasteiger partial charge in [-0.2, -0.15) is 0 Å². The van der Waals surface area contributed by atoms with E-state index in [2.05, 4.69) is 13.2 Å². The first-order valence-electron chi connectivity index (χ1n) is 9.12. The van der Waals surface area contributed by atoms with Gasteiger partial charge in [-0.05, 0) is 0 Å². The van der Waals surface area contributed by atoms with Gasteiger partial charge in [-0.1, -0.05) is 0 Å². The maximum atomic E-state index is 11.9. The molecule has 0 aromatic carbocycles. The van der Waals surface area contributed by atoms with Crippen LogP contribution >= 0.6 is 0 Å². The zero-order valence-electron chi connectivity index (χ0n) is 14.9. The number of fused-ring (bicyclic) bond motifs is 1. The van der Waals surface area contributed by atoms with Crippen molar-refractivity contribution in [3.05, 3.63) is 47.6 Å². The Hall–Kier alpha value is -1.39. The number of allylic oxidation sites excluding steroid dienone is 4. The second kappa shape index (κ2) is 7.47. The van der Waals surface area contributed by atoms with Gasteiger partial charge in [-0.25, -0.2) is 0 Å². The fraction of sp³-hybridized carbons (Fsp3) is 0.500. The third-order valence-corrected chi connectivity index (χ3v) is 10.5. The van der Waals surface area contributed by atoms with Crippen molar-refractivity contribution in [3.63, 3.8) is 0 Å². The van der Waals surface area contributed by atoms with E-state index < -0.39 is 29.3 Å². The summed E-state index contributed by atoms with van der Waals surface area (Å²) in [6.07, 6.45) is 11.2. The van der Waals surface area contributed by atoms with Crippen LogP contribution in [0.3, 0.4) is 0 Å². The SMILES string of the molecule is C=CC(=O)[O][Ti]([CH3])([O]C(=O)C=C)[CH]1CCCC2=C1CC1=C2CCCC1. The molecule has 0 radical (unpaired) electrons. The molecule has 134 valence electrons. The summed E-state index contributed by atoms with van der Waals surface area (Å²) in [5.41, 5.74) is 5.99. The van der Waals surface area contributed by atoms with E-state index in [4.69, 9.17) is 6.64 Å². The summed E-state index contributed by atoms with van der Waals surface area (Å²) >= 11 is -3.71. The number of carbonyl (C=O) groups is 2. The average molecular weight is 378 g/mol. The zero-order valence-corrected chi connectivity index (χ0v) is 16.5. The second-order valence-electron chi connectivity index (χ2n) is 7.18. The molecule has 4 nitrogen and oxygen atoms in total. The Morgan fingerprint density at radius 3 is 2.24 bits per heavy atom. The van der Waals surface area contributed by atoms with Gasteiger partial charge >= 0.3 is 154 Å². The normalized spacial score (nSPS) is 22.8. The van der Waals surface area contributed by atoms with Crippen molar-refractivity contribution in [1.82, 2.24) is 0 Å². The van der Waals surface area contributed by atoms with Crippen LogP contribution in [0.2, 0.25) is 9.45 Å². The first-order valence-corrected chi connectivity index (χ1v) is 12.9. The van der Waals surface area contributed by atoms with E-state index in [0.29, 0.717) is 0 Å². The van der Waals surface area contributed by atoms with Crippen molar-refractivity contribution in [3.8, 4) is 0 Å². The molecule has 3 aliphatic carbocycles. The third-order valence-electron chi connectivity index (χ3n) is 5.65. The quantitative estimate of drug-likeness (QED) is 0.498. The first kappa shape index (κ1) is 18.4. The zero-order chi connectivity index (χ0) is 18.0. The first-order chi connectivity index (χ1) is 12.0. The number of carbonyl (C=O) groups excluding carboxylic acids is 2. The number of hydrogen-bond donors (Lipinski definition) is 0. The molecule has 0 heterocycles. The van der Waals surface area contributed by atoms with E-state index in [1.165, 1.54) is 36.8 Å². The van der Waals surface area contributed by atoms with Crippen LogP contribution in [0.5, 0.6) is 0 Å². The Bertz CT molecular complexity index is 664. The molecule has 0 N–H and O–H groups in total. The second-order valence-corrected chi connectivity index (χ2v) is 12.1. The molecule has 0 aliphatic heterocycles. The van der Waals surface area contributed by atoms with Crippen LogP contribution in [0.1, 0.15) is 51.4 Å². The third kappa shape index (κ3) is 3.61. The maximum absolute atomic E-state index is 11.9. The molecular formula is C20H26O4Ti. The van der Waals surface area contributed by atoms with Gasteiger partial charge in [0.25, 0.3) is 0 Å². The fourth-order valence-corrected chi connectivity index (χ4v) is 9.16. The van der Waals surface area contributed by atoms with Gasteiger partial charge in [-0.3, -0.25) is 0 Å². The Balaban J connectivity index is 1.94. The molecule has 5 heteroatoms. The van der Waals surface area contributed by atoms with Crippen molar-refractivity contribution >= 4 is 11.9 Å². The molecule has 0 saturated heterocycles. The summed E-state index contributed by atoms with van der Waals surface area (Å²) < 4.78 is 11.6. The molecule has 3 aliphatic rings. The molecule has 1 atom stereocenters. The topological polar surface area (TPSA) is 52.6 Å². The van der Waals surface area contributed by atoms with E-state index in [9.17, 15) is 9.59 Å². The van der Waals surface area contributed by atoms with Crippen molar-refractivity contribution in [2.24, 2.45) is 0 Å². The van der Waals surface area contributed by atoms with Crippen molar-refractivity contribution < 1.29 is 33.6 Å². The molecule has 0 aromatic heterocycles. The molecule has 0 bridgehead atoms. The van der Waals surface area contributed by atoms with Crippen LogP contribution in [0.25, 0.3) is 0 Å². The minimum absolute atomic E-state index is 0.0714. The van der Waals surface area contributed by atoms with Crippen LogP contribution in [-0.2, 0) is 33.6 Å². The van der Waals surface area contributed by atoms with Gasteiger partial charge in [0.15, 0.2) is 0 Å². The predicted octanol–water partition coefficient (Wildman–Crippen LogP) is 5.02. The van der Waals surface area contributed by atoms with Crippen molar-refractivity contribution in [2.75, 3.05) is 0 Å². The van der Waals surface area contributed by atoms with Crippen LogP contribution in [0.15, 0.2) is 47.6 Å². The minimum atomic E-state index is -3.71. The molecule has 0 spiro atoms. The van der Waals surface area contributed by atoms with Crippen molar-refractivity contribution in [1.29, 1.82) is 0 Å². The van der Waals surface area contributed by atoms with E-state index in [0.717, 1.165) is 37.8 Å². The van der Waals surface area contributed by atoms with Crippen LogP contribution in [0.4, 0.5) is 0 Å². The molecule has 0 saturated carbocycles. The summed E-state index contributed by atoms with van der Waals surface area (Å²) in [6, 6.07) is 0. The van der Waals surface area contributed by atoms with E-state index >= 15 is 0 Å². The van der Waals surface area contributed by atoms with E-state index in [-0.39, 0.29) is 4.22 Å². The molecule has 1 unspecified atom stereocenters. The van der Waals surface area contributed by atoms with E-state index in [1.54, 1.807) is 11.1 Å². The molecule has 3 rings (SSSR count). The Labute approximate surface area is 154 Å².